The Labute approximate surface area is 184 Å². The van der Waals surface area contributed by atoms with Gasteiger partial charge in [0.05, 0.1) is 7.11 Å². The van der Waals surface area contributed by atoms with E-state index in [1.807, 2.05) is 36.0 Å². The third-order valence-electron chi connectivity index (χ3n) is 6.29. The van der Waals surface area contributed by atoms with Gasteiger partial charge in [-0.1, -0.05) is 24.3 Å². The largest absolute Gasteiger partial charge is 0.496 e. The number of piperazine rings is 1. The standard InChI is InChI=1S/C25H32N4O2/c1-18-16-23(31-4)19(2)15-20(18)17-28-11-13-29(14-12-28)22-8-6-5-7-21(22)24(30)25-26-9-10-27(25)3/h5-10,15-16,24,30H,11-14,17H2,1-4H3/t24-/m0/s1. The van der Waals surface area contributed by atoms with Crippen molar-refractivity contribution in [1.82, 2.24) is 14.5 Å². The number of anilines is 1. The Morgan fingerprint density at radius 1 is 1.06 bits per heavy atom. The van der Waals surface area contributed by atoms with Crippen LogP contribution in [0, 0.1) is 13.8 Å². The molecule has 3 aromatic rings. The van der Waals surface area contributed by atoms with Crippen LogP contribution in [0.25, 0.3) is 0 Å². The summed E-state index contributed by atoms with van der Waals surface area (Å²) >= 11 is 0. The Balaban J connectivity index is 1.45. The van der Waals surface area contributed by atoms with Crippen LogP contribution in [0.3, 0.4) is 0 Å². The van der Waals surface area contributed by atoms with Crippen molar-refractivity contribution in [2.45, 2.75) is 26.5 Å². The fraction of sp³-hybridized carbons (Fsp3) is 0.400. The molecular weight excluding hydrogens is 388 g/mol. The summed E-state index contributed by atoms with van der Waals surface area (Å²) in [5, 5.41) is 11.0. The Morgan fingerprint density at radius 3 is 2.48 bits per heavy atom. The van der Waals surface area contributed by atoms with Crippen molar-refractivity contribution in [2.24, 2.45) is 7.05 Å². The number of benzene rings is 2. The maximum Gasteiger partial charge on any atom is 0.142 e. The Bertz CT molecular complexity index is 1040. The number of nitrogens with zero attached hydrogens (tertiary/aromatic N) is 4. The van der Waals surface area contributed by atoms with Crippen molar-refractivity contribution in [3.8, 4) is 5.75 Å². The number of para-hydroxylation sites is 1. The van der Waals surface area contributed by atoms with Crippen LogP contribution in [0.15, 0.2) is 48.8 Å². The lowest BCUT2D eigenvalue weighted by Gasteiger charge is -2.37. The Hall–Kier alpha value is -2.83. The van der Waals surface area contributed by atoms with Gasteiger partial charge in [0.2, 0.25) is 0 Å². The van der Waals surface area contributed by atoms with Gasteiger partial charge in [0.15, 0.2) is 0 Å². The topological polar surface area (TPSA) is 53.8 Å². The zero-order chi connectivity index (χ0) is 22.0. The van der Waals surface area contributed by atoms with Gasteiger partial charge in [0, 0.05) is 63.4 Å². The lowest BCUT2D eigenvalue weighted by molar-refractivity contribution is 0.205. The van der Waals surface area contributed by atoms with E-state index in [2.05, 4.69) is 46.8 Å². The quantitative estimate of drug-likeness (QED) is 0.662. The third kappa shape index (κ3) is 4.45. The number of aliphatic hydroxyl groups excluding tert-OH is 1. The molecule has 0 saturated carbocycles. The average Bonchev–Trinajstić information content (AvgIpc) is 3.22. The maximum absolute atomic E-state index is 11.0. The minimum atomic E-state index is -0.737. The summed E-state index contributed by atoms with van der Waals surface area (Å²) < 4.78 is 7.33. The van der Waals surface area contributed by atoms with Crippen molar-refractivity contribution in [3.63, 3.8) is 0 Å². The second-order valence-corrected chi connectivity index (χ2v) is 8.37. The van der Waals surface area contributed by atoms with E-state index >= 15 is 0 Å². The number of aromatic nitrogens is 2. The summed E-state index contributed by atoms with van der Waals surface area (Å²) in [4.78, 5) is 9.22. The molecule has 1 N–H and O–H groups in total. The van der Waals surface area contributed by atoms with E-state index in [4.69, 9.17) is 4.74 Å². The van der Waals surface area contributed by atoms with Gasteiger partial charge in [-0.3, -0.25) is 4.90 Å². The lowest BCUT2D eigenvalue weighted by atomic mass is 10.0. The number of rotatable bonds is 6. The van der Waals surface area contributed by atoms with Gasteiger partial charge in [-0.25, -0.2) is 4.98 Å². The first kappa shape index (κ1) is 21.4. The fourth-order valence-electron chi connectivity index (χ4n) is 4.41. The van der Waals surface area contributed by atoms with Crippen LogP contribution in [0.1, 0.15) is 34.2 Å². The Morgan fingerprint density at radius 2 is 1.81 bits per heavy atom. The number of aliphatic hydroxyl groups is 1. The maximum atomic E-state index is 11.0. The van der Waals surface area contributed by atoms with Crippen molar-refractivity contribution < 1.29 is 9.84 Å². The third-order valence-corrected chi connectivity index (χ3v) is 6.29. The smallest absolute Gasteiger partial charge is 0.142 e. The predicted molar refractivity (Wildman–Crippen MR) is 124 cm³/mol. The molecule has 6 heteroatoms. The van der Waals surface area contributed by atoms with Gasteiger partial charge in [0.1, 0.15) is 17.7 Å². The lowest BCUT2D eigenvalue weighted by Crippen LogP contribution is -2.46. The van der Waals surface area contributed by atoms with Gasteiger partial charge in [-0.2, -0.15) is 0 Å². The first-order chi connectivity index (χ1) is 15.0. The molecule has 4 rings (SSSR count). The minimum absolute atomic E-state index is 0.663. The molecule has 1 aromatic heterocycles. The number of imidazole rings is 1. The van der Waals surface area contributed by atoms with E-state index in [9.17, 15) is 5.11 Å². The number of ether oxygens (including phenoxy) is 1. The monoisotopic (exact) mass is 420 g/mol. The first-order valence-corrected chi connectivity index (χ1v) is 10.8. The van der Waals surface area contributed by atoms with Gasteiger partial charge < -0.3 is 19.3 Å². The predicted octanol–water partition coefficient (Wildman–Crippen LogP) is 3.45. The molecule has 2 heterocycles. The number of aryl methyl sites for hydroxylation is 3. The summed E-state index contributed by atoms with van der Waals surface area (Å²) in [7, 11) is 3.64. The molecule has 0 aliphatic carbocycles. The number of hydrogen-bond acceptors (Lipinski definition) is 5. The molecule has 0 radical (unpaired) electrons. The van der Waals surface area contributed by atoms with Gasteiger partial charge >= 0.3 is 0 Å². The molecule has 0 amide bonds. The number of hydrogen-bond donors (Lipinski definition) is 1. The summed E-state index contributed by atoms with van der Waals surface area (Å²) in [6.45, 7) is 9.03. The molecule has 2 aromatic carbocycles. The van der Waals surface area contributed by atoms with Crippen molar-refractivity contribution in [2.75, 3.05) is 38.2 Å². The summed E-state index contributed by atoms with van der Waals surface area (Å²) in [5.74, 6) is 1.62. The van der Waals surface area contributed by atoms with E-state index in [0.29, 0.717) is 5.82 Å². The van der Waals surface area contributed by atoms with Gasteiger partial charge in [-0.15, -0.1) is 0 Å². The van der Waals surface area contributed by atoms with E-state index in [-0.39, 0.29) is 0 Å². The highest BCUT2D eigenvalue weighted by molar-refractivity contribution is 5.56. The van der Waals surface area contributed by atoms with Crippen LogP contribution in [-0.2, 0) is 13.6 Å². The van der Waals surface area contributed by atoms with Crippen LogP contribution in [0.4, 0.5) is 5.69 Å². The molecule has 6 nitrogen and oxygen atoms in total. The molecule has 31 heavy (non-hydrogen) atoms. The van der Waals surface area contributed by atoms with Crippen molar-refractivity contribution in [1.29, 1.82) is 0 Å². The number of methoxy groups -OCH3 is 1. The van der Waals surface area contributed by atoms with Crippen molar-refractivity contribution >= 4 is 5.69 Å². The highest BCUT2D eigenvalue weighted by atomic mass is 16.5. The highest BCUT2D eigenvalue weighted by Crippen LogP contribution is 2.31. The average molecular weight is 421 g/mol. The molecule has 1 aliphatic heterocycles. The van der Waals surface area contributed by atoms with Crippen LogP contribution in [0.2, 0.25) is 0 Å². The molecule has 0 spiro atoms. The molecular formula is C25H32N4O2. The zero-order valence-electron chi connectivity index (χ0n) is 18.9. The summed E-state index contributed by atoms with van der Waals surface area (Å²) in [6.07, 6.45) is 2.85. The van der Waals surface area contributed by atoms with Crippen LogP contribution >= 0.6 is 0 Å². The van der Waals surface area contributed by atoms with Crippen LogP contribution in [-0.4, -0.2) is 52.8 Å². The fourth-order valence-corrected chi connectivity index (χ4v) is 4.41. The molecule has 0 bridgehead atoms. The molecule has 1 aliphatic rings. The zero-order valence-corrected chi connectivity index (χ0v) is 18.9. The Kier molecular flexibility index (Phi) is 6.30. The van der Waals surface area contributed by atoms with Crippen LogP contribution in [0.5, 0.6) is 5.75 Å². The molecule has 1 fully saturated rings. The molecule has 1 atom stereocenters. The van der Waals surface area contributed by atoms with E-state index < -0.39 is 6.10 Å². The highest BCUT2D eigenvalue weighted by Gasteiger charge is 2.24. The SMILES string of the molecule is COc1cc(C)c(CN2CCN(c3ccccc3[C@H](O)c3nccn3C)CC2)cc1C. The van der Waals surface area contributed by atoms with Gasteiger partial charge in [0.25, 0.3) is 0 Å². The normalized spacial score (nSPS) is 15.8. The van der Waals surface area contributed by atoms with E-state index in [0.717, 1.165) is 49.7 Å². The molecule has 164 valence electrons. The minimum Gasteiger partial charge on any atom is -0.496 e. The molecule has 0 unspecified atom stereocenters. The summed E-state index contributed by atoms with van der Waals surface area (Å²) in [6, 6.07) is 12.5. The van der Waals surface area contributed by atoms with E-state index in [1.165, 1.54) is 16.7 Å². The van der Waals surface area contributed by atoms with Gasteiger partial charge in [-0.05, 0) is 42.7 Å². The van der Waals surface area contributed by atoms with Crippen molar-refractivity contribution in [3.05, 3.63) is 76.9 Å². The van der Waals surface area contributed by atoms with Crippen LogP contribution < -0.4 is 9.64 Å². The second kappa shape index (κ2) is 9.12. The first-order valence-electron chi connectivity index (χ1n) is 10.8. The second-order valence-electron chi connectivity index (χ2n) is 8.37. The summed E-state index contributed by atoms with van der Waals surface area (Å²) in [5.41, 5.74) is 5.81. The molecule has 1 saturated heterocycles. The van der Waals surface area contributed by atoms with E-state index in [1.54, 1.807) is 13.3 Å².